The van der Waals surface area contributed by atoms with Gasteiger partial charge in [-0.3, -0.25) is 0 Å². The monoisotopic (exact) mass is 708 g/mol. The van der Waals surface area contributed by atoms with E-state index in [0.29, 0.717) is 44.7 Å². The summed E-state index contributed by atoms with van der Waals surface area (Å²) in [6, 6.07) is 6.61. The van der Waals surface area contributed by atoms with Gasteiger partial charge in [0.15, 0.2) is 0 Å². The molecule has 0 radical (unpaired) electrons. The second-order valence-electron chi connectivity index (χ2n) is 11.1. The van der Waals surface area contributed by atoms with Crippen LogP contribution in [0.5, 0.6) is 0 Å². The van der Waals surface area contributed by atoms with Gasteiger partial charge in [-0.15, -0.1) is 0 Å². The van der Waals surface area contributed by atoms with Crippen molar-refractivity contribution < 1.29 is 19.1 Å². The van der Waals surface area contributed by atoms with Crippen LogP contribution in [0.15, 0.2) is 33.2 Å². The van der Waals surface area contributed by atoms with E-state index in [-0.39, 0.29) is 11.1 Å². The summed E-state index contributed by atoms with van der Waals surface area (Å²) in [5, 5.41) is 0. The Labute approximate surface area is 269 Å². The maximum Gasteiger partial charge on any atom is 0.338 e. The minimum Gasteiger partial charge on any atom is -0.462 e. The van der Waals surface area contributed by atoms with E-state index < -0.39 is 11.9 Å². The third kappa shape index (κ3) is 12.7. The minimum atomic E-state index is -0.483. The fraction of sp³-hybridized carbons (Fsp3) is 0.588. The fourth-order valence-corrected chi connectivity index (χ4v) is 6.39. The van der Waals surface area contributed by atoms with E-state index in [4.69, 9.17) is 20.9 Å². The topological polar surface area (TPSA) is 105 Å². The minimum absolute atomic E-state index is 0.282. The summed E-state index contributed by atoms with van der Waals surface area (Å²) in [4.78, 5) is 26.6. The molecule has 0 fully saturated rings. The van der Waals surface area contributed by atoms with Gasteiger partial charge in [-0.1, -0.05) is 136 Å². The Hall–Kier alpha value is -2.06. The number of ether oxygens (including phenoxy) is 2. The van der Waals surface area contributed by atoms with Crippen LogP contribution in [0.1, 0.15) is 137 Å². The molecule has 0 spiro atoms. The van der Waals surface area contributed by atoms with Crippen molar-refractivity contribution in [2.75, 3.05) is 24.7 Å². The average Bonchev–Trinajstić information content (AvgIpc) is 2.95. The molecule has 0 atom stereocenters. The molecule has 0 saturated heterocycles. The second kappa shape index (κ2) is 20.8. The van der Waals surface area contributed by atoms with Crippen LogP contribution in [-0.4, -0.2) is 25.2 Å². The lowest BCUT2D eigenvalue weighted by Gasteiger charge is -2.18. The van der Waals surface area contributed by atoms with Crippen molar-refractivity contribution >= 4 is 55.2 Å². The van der Waals surface area contributed by atoms with Gasteiger partial charge in [0.2, 0.25) is 0 Å². The Morgan fingerprint density at radius 3 is 1.19 bits per heavy atom. The zero-order valence-electron chi connectivity index (χ0n) is 25.6. The SMILES string of the molecule is CCCCCCCCCCOC(=O)c1cc(N)cc(Br)c1-c1c(Br)cc(N)cc1C(=O)OCCCCCCCCCC. The highest BCUT2D eigenvalue weighted by Gasteiger charge is 2.26. The number of nitrogens with two attached hydrogens (primary N) is 2. The molecule has 0 heterocycles. The van der Waals surface area contributed by atoms with Crippen molar-refractivity contribution in [1.82, 2.24) is 0 Å². The molecule has 2 aromatic rings. The van der Waals surface area contributed by atoms with E-state index in [9.17, 15) is 9.59 Å². The first-order valence-electron chi connectivity index (χ1n) is 15.8. The van der Waals surface area contributed by atoms with Crippen molar-refractivity contribution in [2.45, 2.75) is 117 Å². The summed E-state index contributed by atoms with van der Waals surface area (Å²) in [6.45, 7) is 5.09. The number of esters is 2. The molecule has 0 aliphatic heterocycles. The Bertz CT molecular complexity index is 1040. The Kier molecular flexibility index (Phi) is 17.9. The fourth-order valence-electron chi connectivity index (χ4n) is 5.04. The number of hydrogen-bond donors (Lipinski definition) is 2. The molecule has 2 rings (SSSR count). The van der Waals surface area contributed by atoms with Gasteiger partial charge in [0.1, 0.15) is 0 Å². The van der Waals surface area contributed by atoms with Crippen LogP contribution >= 0.6 is 31.9 Å². The molecule has 6 nitrogen and oxygen atoms in total. The zero-order valence-corrected chi connectivity index (χ0v) is 28.8. The number of carbonyl (C=O) groups is 2. The van der Waals surface area contributed by atoms with E-state index in [0.717, 1.165) is 38.5 Å². The maximum atomic E-state index is 13.3. The highest BCUT2D eigenvalue weighted by Crippen LogP contribution is 2.41. The predicted octanol–water partition coefficient (Wildman–Crippen LogP) is 10.6. The number of halogens is 2. The normalized spacial score (nSPS) is 11.0. The van der Waals surface area contributed by atoms with Gasteiger partial charge in [-0.05, 0) is 37.1 Å². The van der Waals surface area contributed by atoms with Crippen LogP contribution in [0.4, 0.5) is 11.4 Å². The van der Waals surface area contributed by atoms with Crippen LogP contribution in [-0.2, 0) is 9.47 Å². The standard InChI is InChI=1S/C34H50Br2N2O4/c1-3-5-7-9-11-13-15-17-19-41-33(39)27-21-25(37)23-29(35)31(27)32-28(22-26(38)24-30(32)36)34(40)42-20-18-16-14-12-10-8-6-4-2/h21-24H,3-20,37-38H2,1-2H3. The van der Waals surface area contributed by atoms with Gasteiger partial charge in [-0.2, -0.15) is 0 Å². The number of anilines is 2. The molecule has 0 aliphatic rings. The number of benzene rings is 2. The molecule has 0 bridgehead atoms. The Morgan fingerprint density at radius 2 is 0.857 bits per heavy atom. The van der Waals surface area contributed by atoms with Crippen molar-refractivity contribution in [3.63, 3.8) is 0 Å². The van der Waals surface area contributed by atoms with Crippen molar-refractivity contribution in [1.29, 1.82) is 0 Å². The van der Waals surface area contributed by atoms with Crippen molar-refractivity contribution in [3.05, 3.63) is 44.3 Å². The quantitative estimate of drug-likeness (QED) is 0.0759. The lowest BCUT2D eigenvalue weighted by molar-refractivity contribution is 0.0486. The molecule has 0 aromatic heterocycles. The predicted molar refractivity (Wildman–Crippen MR) is 182 cm³/mol. The van der Waals surface area contributed by atoms with Crippen molar-refractivity contribution in [3.8, 4) is 11.1 Å². The van der Waals surface area contributed by atoms with Crippen molar-refractivity contribution in [2.24, 2.45) is 0 Å². The summed E-state index contributed by atoms with van der Waals surface area (Å²) < 4.78 is 12.5. The van der Waals surface area contributed by atoms with Crippen LogP contribution in [0.25, 0.3) is 11.1 Å². The molecule has 0 saturated carbocycles. The number of nitrogen functional groups attached to an aromatic ring is 2. The van der Waals surface area contributed by atoms with Gasteiger partial charge < -0.3 is 20.9 Å². The van der Waals surface area contributed by atoms with Gasteiger partial charge in [-0.25, -0.2) is 9.59 Å². The first-order chi connectivity index (χ1) is 20.3. The van der Waals surface area contributed by atoms with E-state index in [1.54, 1.807) is 24.3 Å². The summed E-state index contributed by atoms with van der Waals surface area (Å²) in [6.07, 6.45) is 18.5. The summed E-state index contributed by atoms with van der Waals surface area (Å²) in [5.74, 6) is -0.967. The number of carbonyl (C=O) groups excluding carboxylic acids is 2. The largest absolute Gasteiger partial charge is 0.462 e. The zero-order chi connectivity index (χ0) is 30.7. The van der Waals surface area contributed by atoms with Gasteiger partial charge in [0.25, 0.3) is 0 Å². The summed E-state index contributed by atoms with van der Waals surface area (Å²) in [7, 11) is 0. The van der Waals surface area contributed by atoms with Gasteiger partial charge in [0, 0.05) is 31.4 Å². The highest BCUT2D eigenvalue weighted by atomic mass is 79.9. The smallest absolute Gasteiger partial charge is 0.338 e. The average molecular weight is 711 g/mol. The maximum absolute atomic E-state index is 13.3. The molecule has 0 unspecified atom stereocenters. The lowest BCUT2D eigenvalue weighted by atomic mass is 9.94. The van der Waals surface area contributed by atoms with Crippen LogP contribution in [0, 0.1) is 0 Å². The summed E-state index contributed by atoms with van der Waals surface area (Å²) >= 11 is 7.16. The van der Waals surface area contributed by atoms with Gasteiger partial charge in [0.05, 0.1) is 24.3 Å². The molecule has 0 amide bonds. The second-order valence-corrected chi connectivity index (χ2v) is 12.8. The number of unbranched alkanes of at least 4 members (excludes halogenated alkanes) is 14. The van der Waals surface area contributed by atoms with E-state index >= 15 is 0 Å². The summed E-state index contributed by atoms with van der Waals surface area (Å²) in [5.41, 5.74) is 14.7. The van der Waals surface area contributed by atoms with Crippen LogP contribution in [0.3, 0.4) is 0 Å². The molecular formula is C34H50Br2N2O4. The molecule has 2 aromatic carbocycles. The lowest BCUT2D eigenvalue weighted by Crippen LogP contribution is -2.13. The number of hydrogen-bond acceptors (Lipinski definition) is 6. The van der Waals surface area contributed by atoms with Crippen LogP contribution < -0.4 is 11.5 Å². The Morgan fingerprint density at radius 1 is 0.548 bits per heavy atom. The third-order valence-corrected chi connectivity index (χ3v) is 8.63. The molecular weight excluding hydrogens is 660 g/mol. The molecule has 42 heavy (non-hydrogen) atoms. The molecule has 8 heteroatoms. The van der Waals surface area contributed by atoms with E-state index in [2.05, 4.69) is 45.7 Å². The molecule has 234 valence electrons. The Balaban J connectivity index is 2.10. The first-order valence-corrected chi connectivity index (χ1v) is 17.4. The number of rotatable bonds is 21. The third-order valence-electron chi connectivity index (χ3n) is 7.38. The highest BCUT2D eigenvalue weighted by molar-refractivity contribution is 9.11. The van der Waals surface area contributed by atoms with Gasteiger partial charge >= 0.3 is 11.9 Å². The molecule has 4 N–H and O–H groups in total. The molecule has 0 aliphatic carbocycles. The van der Waals surface area contributed by atoms with E-state index in [1.807, 2.05) is 0 Å². The van der Waals surface area contributed by atoms with E-state index in [1.165, 1.54) is 64.2 Å². The first kappa shape index (κ1) is 36.1. The van der Waals surface area contributed by atoms with Crippen LogP contribution in [0.2, 0.25) is 0 Å².